The number of benzene rings is 1. The number of non-ortho nitro benzene ring substituents is 1. The van der Waals surface area contributed by atoms with Gasteiger partial charge < -0.3 is 11.1 Å². The number of nitrogens with zero attached hydrogens (tertiary/aromatic N) is 1. The van der Waals surface area contributed by atoms with Crippen molar-refractivity contribution in [3.8, 4) is 0 Å². The molecule has 0 aromatic heterocycles. The second-order valence-corrected chi connectivity index (χ2v) is 5.50. The lowest BCUT2D eigenvalue weighted by molar-refractivity contribution is -0.385. The van der Waals surface area contributed by atoms with Gasteiger partial charge in [0.05, 0.1) is 26.6 Å². The van der Waals surface area contributed by atoms with E-state index < -0.39 is 22.1 Å². The van der Waals surface area contributed by atoms with Crippen molar-refractivity contribution in [3.63, 3.8) is 0 Å². The van der Waals surface area contributed by atoms with Crippen LogP contribution in [-0.4, -0.2) is 17.4 Å². The predicted molar refractivity (Wildman–Crippen MR) is 72.2 cm³/mol. The molecule has 1 rings (SSSR count). The van der Waals surface area contributed by atoms with E-state index in [1.165, 1.54) is 6.07 Å². The van der Waals surface area contributed by atoms with Crippen molar-refractivity contribution in [2.24, 2.45) is 11.1 Å². The Labute approximate surface area is 117 Å². The van der Waals surface area contributed by atoms with Gasteiger partial charge in [0.1, 0.15) is 0 Å². The zero-order valence-electron chi connectivity index (χ0n) is 10.4. The molecule has 3 N–H and O–H groups in total. The van der Waals surface area contributed by atoms with Gasteiger partial charge in [-0.05, 0) is 29.8 Å². The minimum absolute atomic E-state index is 0.0555. The van der Waals surface area contributed by atoms with Crippen molar-refractivity contribution in [2.45, 2.75) is 13.8 Å². The molecule has 1 aromatic carbocycles. The molecule has 0 spiro atoms. The summed E-state index contributed by atoms with van der Waals surface area (Å²) in [5.41, 5.74) is 4.03. The fourth-order valence-electron chi connectivity index (χ4n) is 1.23. The molecular weight excluding hydrogens is 321 g/mol. The van der Waals surface area contributed by atoms with Gasteiger partial charge in [-0.2, -0.15) is 0 Å². The first-order valence-electron chi connectivity index (χ1n) is 5.32. The van der Waals surface area contributed by atoms with E-state index in [0.29, 0.717) is 0 Å². The molecule has 0 saturated heterocycles. The number of nitrogens with one attached hydrogen (secondary N) is 1. The number of nitro groups is 1. The number of primary amides is 1. The van der Waals surface area contributed by atoms with Crippen LogP contribution in [0.1, 0.15) is 13.8 Å². The molecule has 8 heteroatoms. The highest BCUT2D eigenvalue weighted by molar-refractivity contribution is 9.10. The van der Waals surface area contributed by atoms with Gasteiger partial charge in [0.25, 0.3) is 5.69 Å². The summed E-state index contributed by atoms with van der Waals surface area (Å²) in [6.45, 7) is 3.33. The Bertz CT molecular complexity index is 511. The summed E-state index contributed by atoms with van der Waals surface area (Å²) in [7, 11) is 0. The van der Waals surface area contributed by atoms with Gasteiger partial charge >= 0.3 is 0 Å². The molecule has 0 heterocycles. The van der Waals surface area contributed by atoms with E-state index in [0.717, 1.165) is 6.07 Å². The minimum atomic E-state index is -0.867. The number of rotatable bonds is 5. The van der Waals surface area contributed by atoms with Crippen LogP contribution in [0.15, 0.2) is 16.6 Å². The van der Waals surface area contributed by atoms with E-state index in [4.69, 9.17) is 5.73 Å². The van der Waals surface area contributed by atoms with Crippen LogP contribution >= 0.6 is 15.9 Å². The van der Waals surface area contributed by atoms with Gasteiger partial charge in [0.2, 0.25) is 5.91 Å². The third-order valence-electron chi connectivity index (χ3n) is 2.61. The van der Waals surface area contributed by atoms with Crippen LogP contribution in [0.4, 0.5) is 15.8 Å². The van der Waals surface area contributed by atoms with E-state index >= 15 is 0 Å². The molecule has 6 nitrogen and oxygen atoms in total. The molecule has 0 aliphatic heterocycles. The van der Waals surface area contributed by atoms with Gasteiger partial charge in [-0.25, -0.2) is 4.39 Å². The summed E-state index contributed by atoms with van der Waals surface area (Å²) in [5, 5.41) is 13.3. The van der Waals surface area contributed by atoms with Gasteiger partial charge in [0.15, 0.2) is 5.82 Å². The SMILES string of the molecule is CC(C)(CNc1c(F)cc([N+](=O)[O-])cc1Br)C(N)=O. The molecule has 0 aliphatic rings. The minimum Gasteiger partial charge on any atom is -0.381 e. The summed E-state index contributed by atoms with van der Waals surface area (Å²) in [5.74, 6) is -1.31. The van der Waals surface area contributed by atoms with E-state index in [9.17, 15) is 19.3 Å². The molecule has 0 bridgehead atoms. The van der Waals surface area contributed by atoms with Gasteiger partial charge in [-0.1, -0.05) is 0 Å². The van der Waals surface area contributed by atoms with Crippen molar-refractivity contribution in [1.29, 1.82) is 0 Å². The lowest BCUT2D eigenvalue weighted by Gasteiger charge is -2.22. The number of nitrogens with two attached hydrogens (primary N) is 1. The number of amides is 1. The topological polar surface area (TPSA) is 98.3 Å². The quantitative estimate of drug-likeness (QED) is 0.638. The highest BCUT2D eigenvalue weighted by Gasteiger charge is 2.26. The van der Waals surface area contributed by atoms with Gasteiger partial charge in [0, 0.05) is 12.6 Å². The number of hydrogen-bond donors (Lipinski definition) is 2. The van der Waals surface area contributed by atoms with Crippen LogP contribution in [0.25, 0.3) is 0 Å². The second-order valence-electron chi connectivity index (χ2n) is 4.64. The van der Waals surface area contributed by atoms with Crippen LogP contribution in [-0.2, 0) is 4.79 Å². The first kappa shape index (κ1) is 15.4. The average Bonchev–Trinajstić information content (AvgIpc) is 2.27. The summed E-state index contributed by atoms with van der Waals surface area (Å²) in [4.78, 5) is 21.0. The number of carbonyl (C=O) groups is 1. The molecular formula is C11H13BrFN3O3. The molecule has 19 heavy (non-hydrogen) atoms. The summed E-state index contributed by atoms with van der Waals surface area (Å²) >= 11 is 3.05. The highest BCUT2D eigenvalue weighted by atomic mass is 79.9. The Morgan fingerprint density at radius 1 is 1.58 bits per heavy atom. The van der Waals surface area contributed by atoms with Gasteiger partial charge in [-0.3, -0.25) is 14.9 Å². The zero-order chi connectivity index (χ0) is 14.8. The maximum absolute atomic E-state index is 13.7. The fraction of sp³-hybridized carbons (Fsp3) is 0.364. The molecule has 1 amide bonds. The first-order chi connectivity index (χ1) is 8.65. The first-order valence-corrected chi connectivity index (χ1v) is 6.11. The molecule has 1 aromatic rings. The Kier molecular flexibility index (Phi) is 4.46. The predicted octanol–water partition coefficient (Wildman–Crippen LogP) is 2.42. The maximum atomic E-state index is 13.7. The summed E-state index contributed by atoms with van der Waals surface area (Å²) < 4.78 is 13.9. The largest absolute Gasteiger partial charge is 0.381 e. The number of anilines is 1. The third kappa shape index (κ3) is 3.63. The molecule has 0 aliphatic carbocycles. The molecule has 0 atom stereocenters. The lowest BCUT2D eigenvalue weighted by Crippen LogP contribution is -2.37. The monoisotopic (exact) mass is 333 g/mol. The summed E-state index contributed by atoms with van der Waals surface area (Å²) in [6.07, 6.45) is 0. The van der Waals surface area contributed by atoms with Crippen molar-refractivity contribution in [2.75, 3.05) is 11.9 Å². The number of nitro benzene ring substituents is 1. The van der Waals surface area contributed by atoms with Crippen LogP contribution < -0.4 is 11.1 Å². The normalized spacial score (nSPS) is 11.2. The third-order valence-corrected chi connectivity index (χ3v) is 3.24. The van der Waals surface area contributed by atoms with Crippen LogP contribution in [0.3, 0.4) is 0 Å². The lowest BCUT2D eigenvalue weighted by atomic mass is 9.92. The smallest absolute Gasteiger partial charge is 0.273 e. The standard InChI is InChI=1S/C11H13BrFN3O3/c1-11(2,10(14)17)5-15-9-7(12)3-6(16(18)19)4-8(9)13/h3-4,15H,5H2,1-2H3,(H2,14,17). The molecule has 104 valence electrons. The average molecular weight is 334 g/mol. The fourth-order valence-corrected chi connectivity index (χ4v) is 1.79. The summed E-state index contributed by atoms with van der Waals surface area (Å²) in [6, 6.07) is 1.99. The Hall–Kier alpha value is -1.70. The second kappa shape index (κ2) is 5.52. The Morgan fingerprint density at radius 3 is 2.58 bits per heavy atom. The van der Waals surface area contributed by atoms with Crippen molar-refractivity contribution in [3.05, 3.63) is 32.5 Å². The van der Waals surface area contributed by atoms with E-state index in [1.54, 1.807) is 13.8 Å². The van der Waals surface area contributed by atoms with Crippen molar-refractivity contribution < 1.29 is 14.1 Å². The number of halogens is 2. The van der Waals surface area contributed by atoms with Crippen LogP contribution in [0, 0.1) is 21.3 Å². The highest BCUT2D eigenvalue weighted by Crippen LogP contribution is 2.31. The molecule has 0 radical (unpaired) electrons. The van der Waals surface area contributed by atoms with Gasteiger partial charge in [-0.15, -0.1) is 0 Å². The Balaban J connectivity index is 2.97. The molecule has 0 unspecified atom stereocenters. The Morgan fingerprint density at radius 2 is 2.16 bits per heavy atom. The van der Waals surface area contributed by atoms with E-state index in [1.807, 2.05) is 0 Å². The molecule has 0 saturated carbocycles. The maximum Gasteiger partial charge on any atom is 0.273 e. The van der Waals surface area contributed by atoms with Crippen LogP contribution in [0.2, 0.25) is 0 Å². The molecule has 0 fully saturated rings. The number of carbonyl (C=O) groups excluding carboxylic acids is 1. The van der Waals surface area contributed by atoms with Crippen molar-refractivity contribution >= 4 is 33.2 Å². The van der Waals surface area contributed by atoms with E-state index in [-0.39, 0.29) is 22.4 Å². The zero-order valence-corrected chi connectivity index (χ0v) is 12.0. The van der Waals surface area contributed by atoms with Crippen molar-refractivity contribution in [1.82, 2.24) is 0 Å². The number of hydrogen-bond acceptors (Lipinski definition) is 4. The van der Waals surface area contributed by atoms with E-state index in [2.05, 4.69) is 21.2 Å². The van der Waals surface area contributed by atoms with Crippen LogP contribution in [0.5, 0.6) is 0 Å².